The van der Waals surface area contributed by atoms with Crippen molar-refractivity contribution < 1.29 is 22.7 Å². The SMILES string of the molecule is CCCOc1cc(C)ccc1CNC(=NC)NCC(=O)N(C)CC(F)(F)F. The van der Waals surface area contributed by atoms with E-state index < -0.39 is 18.6 Å². The summed E-state index contributed by atoms with van der Waals surface area (Å²) in [5.74, 6) is 0.393. The van der Waals surface area contributed by atoms with Crippen LogP contribution in [0.1, 0.15) is 24.5 Å². The van der Waals surface area contributed by atoms with Crippen molar-refractivity contribution in [3.05, 3.63) is 29.3 Å². The second-order valence-corrected chi connectivity index (χ2v) is 6.10. The van der Waals surface area contributed by atoms with E-state index >= 15 is 0 Å². The molecule has 0 bridgehead atoms. The zero-order valence-electron chi connectivity index (χ0n) is 16.1. The topological polar surface area (TPSA) is 66.0 Å². The number of halogens is 3. The number of aliphatic imine (C=N–C) groups is 1. The lowest BCUT2D eigenvalue weighted by atomic mass is 10.1. The molecule has 0 saturated carbocycles. The molecule has 0 aromatic heterocycles. The zero-order chi connectivity index (χ0) is 20.4. The minimum absolute atomic E-state index is 0.292. The van der Waals surface area contributed by atoms with Gasteiger partial charge < -0.3 is 20.3 Å². The quantitative estimate of drug-likeness (QED) is 0.530. The maximum absolute atomic E-state index is 12.3. The third-order valence-corrected chi connectivity index (χ3v) is 3.60. The van der Waals surface area contributed by atoms with Gasteiger partial charge in [-0.25, -0.2) is 0 Å². The Kier molecular flexibility index (Phi) is 8.90. The standard InChI is InChI=1S/C18H27F3N4O2/c1-5-8-27-15-9-13(2)6-7-14(15)10-23-17(22-3)24-11-16(26)25(4)12-18(19,20)21/h6-7,9H,5,8,10-12H2,1-4H3,(H2,22,23,24). The summed E-state index contributed by atoms with van der Waals surface area (Å²) in [6.45, 7) is 3.40. The summed E-state index contributed by atoms with van der Waals surface area (Å²) in [6.07, 6.45) is -3.54. The van der Waals surface area contributed by atoms with E-state index in [1.54, 1.807) is 0 Å². The van der Waals surface area contributed by atoms with Gasteiger partial charge in [-0.05, 0) is 25.0 Å². The summed E-state index contributed by atoms with van der Waals surface area (Å²) in [5.41, 5.74) is 1.99. The Bertz CT molecular complexity index is 648. The van der Waals surface area contributed by atoms with Crippen LogP contribution in [0.15, 0.2) is 23.2 Å². The summed E-state index contributed by atoms with van der Waals surface area (Å²) in [4.78, 5) is 16.4. The number of amides is 1. The zero-order valence-corrected chi connectivity index (χ0v) is 16.1. The molecule has 0 aliphatic heterocycles. The second kappa shape index (κ2) is 10.6. The van der Waals surface area contributed by atoms with Crippen molar-refractivity contribution in [3.8, 4) is 5.75 Å². The number of alkyl halides is 3. The van der Waals surface area contributed by atoms with Crippen LogP contribution in [0, 0.1) is 6.92 Å². The number of guanidine groups is 1. The molecule has 0 atom stereocenters. The van der Waals surface area contributed by atoms with Gasteiger partial charge >= 0.3 is 6.18 Å². The Morgan fingerprint density at radius 2 is 2.00 bits per heavy atom. The molecule has 2 N–H and O–H groups in total. The largest absolute Gasteiger partial charge is 0.493 e. The molecule has 0 spiro atoms. The molecule has 0 saturated heterocycles. The highest BCUT2D eigenvalue weighted by Gasteiger charge is 2.31. The van der Waals surface area contributed by atoms with E-state index in [4.69, 9.17) is 4.74 Å². The van der Waals surface area contributed by atoms with Gasteiger partial charge in [0.1, 0.15) is 12.3 Å². The molecule has 0 unspecified atom stereocenters. The smallest absolute Gasteiger partial charge is 0.406 e. The van der Waals surface area contributed by atoms with Gasteiger partial charge in [0.05, 0.1) is 13.2 Å². The van der Waals surface area contributed by atoms with Crippen LogP contribution in [0.25, 0.3) is 0 Å². The number of hydrogen-bond donors (Lipinski definition) is 2. The molecule has 0 heterocycles. The lowest BCUT2D eigenvalue weighted by Gasteiger charge is -2.20. The van der Waals surface area contributed by atoms with Crippen LogP contribution >= 0.6 is 0 Å². The van der Waals surface area contributed by atoms with Crippen molar-refractivity contribution in [2.24, 2.45) is 4.99 Å². The lowest BCUT2D eigenvalue weighted by Crippen LogP contribution is -2.45. The van der Waals surface area contributed by atoms with Crippen LogP contribution in [0.5, 0.6) is 5.75 Å². The molecule has 0 radical (unpaired) electrons. The molecule has 6 nitrogen and oxygen atoms in total. The van der Waals surface area contributed by atoms with Gasteiger partial charge in [0.25, 0.3) is 0 Å². The van der Waals surface area contributed by atoms with Crippen LogP contribution in [-0.4, -0.2) is 56.7 Å². The van der Waals surface area contributed by atoms with E-state index in [0.29, 0.717) is 24.0 Å². The highest BCUT2D eigenvalue weighted by atomic mass is 19.4. The number of nitrogens with zero attached hydrogens (tertiary/aromatic N) is 2. The molecule has 0 aliphatic rings. The molecule has 1 aromatic rings. The monoisotopic (exact) mass is 388 g/mol. The normalized spacial score (nSPS) is 11.9. The van der Waals surface area contributed by atoms with E-state index in [0.717, 1.165) is 30.3 Å². The first-order chi connectivity index (χ1) is 12.7. The van der Waals surface area contributed by atoms with E-state index in [9.17, 15) is 18.0 Å². The van der Waals surface area contributed by atoms with Gasteiger partial charge in [0.2, 0.25) is 5.91 Å². The van der Waals surface area contributed by atoms with Gasteiger partial charge in [0.15, 0.2) is 5.96 Å². The fourth-order valence-electron chi connectivity index (χ4n) is 2.21. The maximum atomic E-state index is 12.3. The molecule has 1 rings (SSSR count). The number of nitrogens with one attached hydrogen (secondary N) is 2. The van der Waals surface area contributed by atoms with Gasteiger partial charge in [-0.15, -0.1) is 0 Å². The third-order valence-electron chi connectivity index (χ3n) is 3.60. The van der Waals surface area contributed by atoms with Crippen LogP contribution in [0.2, 0.25) is 0 Å². The number of carbonyl (C=O) groups excluding carboxylic acids is 1. The fourth-order valence-corrected chi connectivity index (χ4v) is 2.21. The number of benzene rings is 1. The summed E-state index contributed by atoms with van der Waals surface area (Å²) in [7, 11) is 2.63. The van der Waals surface area contributed by atoms with Crippen molar-refractivity contribution in [3.63, 3.8) is 0 Å². The van der Waals surface area contributed by atoms with Crippen molar-refractivity contribution in [1.29, 1.82) is 0 Å². The predicted molar refractivity (Wildman–Crippen MR) is 98.9 cm³/mol. The van der Waals surface area contributed by atoms with Crippen LogP contribution in [-0.2, 0) is 11.3 Å². The number of rotatable bonds is 8. The Morgan fingerprint density at radius 3 is 2.59 bits per heavy atom. The Labute approximate surface area is 157 Å². The molecule has 27 heavy (non-hydrogen) atoms. The average Bonchev–Trinajstić information content (AvgIpc) is 2.59. The highest BCUT2D eigenvalue weighted by Crippen LogP contribution is 2.20. The number of aryl methyl sites for hydroxylation is 1. The molecular weight excluding hydrogens is 361 g/mol. The fraction of sp³-hybridized carbons (Fsp3) is 0.556. The second-order valence-electron chi connectivity index (χ2n) is 6.10. The summed E-state index contributed by atoms with van der Waals surface area (Å²) >= 11 is 0. The first-order valence-corrected chi connectivity index (χ1v) is 8.63. The molecule has 9 heteroatoms. The van der Waals surface area contributed by atoms with E-state index in [-0.39, 0.29) is 6.54 Å². The predicted octanol–water partition coefficient (Wildman–Crippen LogP) is 2.47. The van der Waals surface area contributed by atoms with Gasteiger partial charge in [-0.1, -0.05) is 19.1 Å². The number of hydrogen-bond acceptors (Lipinski definition) is 3. The minimum atomic E-state index is -4.43. The molecule has 1 amide bonds. The van der Waals surface area contributed by atoms with Gasteiger partial charge in [-0.2, -0.15) is 13.2 Å². The van der Waals surface area contributed by atoms with Gasteiger partial charge in [0, 0.05) is 26.2 Å². The lowest BCUT2D eigenvalue weighted by molar-refractivity contribution is -0.157. The average molecular weight is 388 g/mol. The van der Waals surface area contributed by atoms with Crippen molar-refractivity contribution in [2.45, 2.75) is 33.0 Å². The van der Waals surface area contributed by atoms with Crippen LogP contribution in [0.3, 0.4) is 0 Å². The molecule has 0 aliphatic carbocycles. The summed E-state index contributed by atoms with van der Waals surface area (Å²) < 4.78 is 42.7. The van der Waals surface area contributed by atoms with E-state index in [1.807, 2.05) is 32.0 Å². The highest BCUT2D eigenvalue weighted by molar-refractivity contribution is 5.86. The Balaban J connectivity index is 2.59. The maximum Gasteiger partial charge on any atom is 0.406 e. The van der Waals surface area contributed by atoms with Crippen molar-refractivity contribution in [2.75, 3.05) is 33.8 Å². The Hall–Kier alpha value is -2.45. The van der Waals surface area contributed by atoms with Crippen molar-refractivity contribution >= 4 is 11.9 Å². The van der Waals surface area contributed by atoms with Crippen LogP contribution < -0.4 is 15.4 Å². The van der Waals surface area contributed by atoms with E-state index in [1.165, 1.54) is 7.05 Å². The number of likely N-dealkylation sites (N-methyl/N-ethyl adjacent to an activating group) is 1. The Morgan fingerprint density at radius 1 is 1.30 bits per heavy atom. The van der Waals surface area contributed by atoms with Crippen LogP contribution in [0.4, 0.5) is 13.2 Å². The molecule has 152 valence electrons. The molecule has 0 fully saturated rings. The summed E-state index contributed by atoms with van der Waals surface area (Å²) in [6, 6.07) is 5.84. The third kappa shape index (κ3) is 8.65. The molecular formula is C18H27F3N4O2. The minimum Gasteiger partial charge on any atom is -0.493 e. The van der Waals surface area contributed by atoms with Gasteiger partial charge in [-0.3, -0.25) is 9.79 Å². The molecule has 1 aromatic carbocycles. The first kappa shape index (κ1) is 22.6. The first-order valence-electron chi connectivity index (χ1n) is 8.63. The van der Waals surface area contributed by atoms with E-state index in [2.05, 4.69) is 15.6 Å². The number of ether oxygens (including phenoxy) is 1. The number of carbonyl (C=O) groups is 1. The summed E-state index contributed by atoms with van der Waals surface area (Å²) in [5, 5.41) is 5.75. The van der Waals surface area contributed by atoms with Crippen molar-refractivity contribution in [1.82, 2.24) is 15.5 Å².